The zero-order valence-corrected chi connectivity index (χ0v) is 18.8. The van der Waals surface area contributed by atoms with E-state index in [0.717, 1.165) is 38.5 Å². The number of hydrogen-bond acceptors (Lipinski definition) is 4. The number of carbonyl (C=O) groups excluding carboxylic acids is 2. The van der Waals surface area contributed by atoms with Crippen molar-refractivity contribution in [2.45, 2.75) is 129 Å². The van der Waals surface area contributed by atoms with E-state index in [4.69, 9.17) is 9.47 Å². The van der Waals surface area contributed by atoms with Gasteiger partial charge in [-0.3, -0.25) is 9.59 Å². The largest absolute Gasteiger partial charge is 0.466 e. The molecule has 28 heavy (non-hydrogen) atoms. The number of carbonyl (C=O) groups is 2. The minimum atomic E-state index is -0.0902. The van der Waals surface area contributed by atoms with Crippen LogP contribution in [0.1, 0.15) is 129 Å². The maximum Gasteiger partial charge on any atom is 0.305 e. The maximum absolute atomic E-state index is 11.6. The Morgan fingerprint density at radius 1 is 0.500 bits per heavy atom. The Bertz CT molecular complexity index is 355. The number of esters is 2. The lowest BCUT2D eigenvalue weighted by Gasteiger charge is -2.05. The summed E-state index contributed by atoms with van der Waals surface area (Å²) in [6.45, 7) is 5.22. The Morgan fingerprint density at radius 2 is 0.893 bits per heavy atom. The number of rotatable bonds is 21. The molecule has 166 valence electrons. The fraction of sp³-hybridized carbons (Fsp3) is 0.917. The first kappa shape index (κ1) is 26.9. The molecule has 0 saturated carbocycles. The summed E-state index contributed by atoms with van der Waals surface area (Å²) in [6.07, 6.45) is 20.2. The predicted molar refractivity (Wildman–Crippen MR) is 116 cm³/mol. The van der Waals surface area contributed by atoms with Gasteiger partial charge < -0.3 is 9.47 Å². The van der Waals surface area contributed by atoms with Crippen LogP contribution in [0, 0.1) is 0 Å². The summed E-state index contributed by atoms with van der Waals surface area (Å²) in [5.41, 5.74) is 0. The predicted octanol–water partition coefficient (Wildman–Crippen LogP) is 7.13. The second-order valence-electron chi connectivity index (χ2n) is 7.85. The van der Waals surface area contributed by atoms with Crippen LogP contribution >= 0.6 is 0 Å². The van der Waals surface area contributed by atoms with Gasteiger partial charge in [-0.25, -0.2) is 0 Å². The number of hydrogen-bond donors (Lipinski definition) is 0. The van der Waals surface area contributed by atoms with Crippen molar-refractivity contribution in [3.63, 3.8) is 0 Å². The van der Waals surface area contributed by atoms with E-state index in [9.17, 15) is 9.59 Å². The van der Waals surface area contributed by atoms with Crippen molar-refractivity contribution >= 4 is 11.9 Å². The SMILES string of the molecule is CCCCCCCCC(=O)OCCCCCCCCCCCCOC(=O)CC. The molecule has 0 unspecified atom stereocenters. The van der Waals surface area contributed by atoms with Gasteiger partial charge in [0, 0.05) is 12.8 Å². The van der Waals surface area contributed by atoms with E-state index in [1.54, 1.807) is 0 Å². The Balaban J connectivity index is 3.15. The third-order valence-electron chi connectivity index (χ3n) is 5.09. The van der Waals surface area contributed by atoms with Crippen molar-refractivity contribution in [3.05, 3.63) is 0 Å². The molecule has 4 heteroatoms. The number of ether oxygens (including phenoxy) is 2. The monoisotopic (exact) mass is 398 g/mol. The molecule has 0 aromatic rings. The highest BCUT2D eigenvalue weighted by Gasteiger charge is 2.02. The quantitative estimate of drug-likeness (QED) is 0.152. The van der Waals surface area contributed by atoms with Gasteiger partial charge >= 0.3 is 11.9 Å². The van der Waals surface area contributed by atoms with Crippen LogP contribution in [0.15, 0.2) is 0 Å². The van der Waals surface area contributed by atoms with Crippen LogP contribution in [0.5, 0.6) is 0 Å². The molecule has 0 rings (SSSR count). The van der Waals surface area contributed by atoms with Crippen molar-refractivity contribution in [1.82, 2.24) is 0 Å². The zero-order valence-electron chi connectivity index (χ0n) is 18.8. The van der Waals surface area contributed by atoms with Gasteiger partial charge in [0.2, 0.25) is 0 Å². The lowest BCUT2D eigenvalue weighted by Crippen LogP contribution is -2.05. The van der Waals surface area contributed by atoms with Crippen LogP contribution in [-0.4, -0.2) is 25.2 Å². The molecule has 0 atom stereocenters. The first-order valence-electron chi connectivity index (χ1n) is 12.0. The summed E-state index contributed by atoms with van der Waals surface area (Å²) in [4.78, 5) is 22.6. The fourth-order valence-corrected chi connectivity index (χ4v) is 3.21. The third-order valence-corrected chi connectivity index (χ3v) is 5.09. The van der Waals surface area contributed by atoms with E-state index in [0.29, 0.717) is 26.1 Å². The molecule has 0 amide bonds. The molecule has 0 fully saturated rings. The van der Waals surface area contributed by atoms with Crippen LogP contribution in [0.3, 0.4) is 0 Å². The average molecular weight is 399 g/mol. The summed E-state index contributed by atoms with van der Waals surface area (Å²) >= 11 is 0. The van der Waals surface area contributed by atoms with Gasteiger partial charge in [0.15, 0.2) is 0 Å². The molecule has 0 aromatic carbocycles. The first-order chi connectivity index (χ1) is 13.7. The zero-order chi connectivity index (χ0) is 20.7. The highest BCUT2D eigenvalue weighted by atomic mass is 16.5. The van der Waals surface area contributed by atoms with E-state index in [1.165, 1.54) is 64.2 Å². The molecule has 0 aliphatic heterocycles. The molecule has 0 saturated heterocycles. The lowest BCUT2D eigenvalue weighted by atomic mass is 10.1. The second kappa shape index (κ2) is 22.2. The Hall–Kier alpha value is -1.06. The molecular weight excluding hydrogens is 352 g/mol. The van der Waals surface area contributed by atoms with Gasteiger partial charge in [-0.1, -0.05) is 97.3 Å². The van der Waals surface area contributed by atoms with Crippen LogP contribution in [0.2, 0.25) is 0 Å². The summed E-state index contributed by atoms with van der Waals surface area (Å²) in [6, 6.07) is 0. The van der Waals surface area contributed by atoms with E-state index in [2.05, 4.69) is 6.92 Å². The normalized spacial score (nSPS) is 10.8. The molecule has 0 N–H and O–H groups in total. The Morgan fingerprint density at radius 3 is 1.36 bits per heavy atom. The Kier molecular flexibility index (Phi) is 21.4. The summed E-state index contributed by atoms with van der Waals surface area (Å²) in [7, 11) is 0. The van der Waals surface area contributed by atoms with Gasteiger partial charge in [-0.15, -0.1) is 0 Å². The van der Waals surface area contributed by atoms with E-state index in [-0.39, 0.29) is 11.9 Å². The minimum Gasteiger partial charge on any atom is -0.466 e. The minimum absolute atomic E-state index is 0.0139. The van der Waals surface area contributed by atoms with Crippen molar-refractivity contribution in [2.75, 3.05) is 13.2 Å². The molecular formula is C24H46O4. The molecule has 4 nitrogen and oxygen atoms in total. The second-order valence-corrected chi connectivity index (χ2v) is 7.85. The molecule has 0 heterocycles. The summed E-state index contributed by atoms with van der Waals surface area (Å²) in [5, 5.41) is 0. The maximum atomic E-state index is 11.6. The average Bonchev–Trinajstić information content (AvgIpc) is 2.70. The van der Waals surface area contributed by atoms with Crippen LogP contribution in [0.25, 0.3) is 0 Å². The highest BCUT2D eigenvalue weighted by molar-refractivity contribution is 5.69. The summed E-state index contributed by atoms with van der Waals surface area (Å²) in [5.74, 6) is -0.104. The fourth-order valence-electron chi connectivity index (χ4n) is 3.21. The molecule has 0 aliphatic rings. The molecule has 0 bridgehead atoms. The van der Waals surface area contributed by atoms with Crippen molar-refractivity contribution in [1.29, 1.82) is 0 Å². The molecule has 0 spiro atoms. The standard InChI is InChI=1S/C24H46O4/c1-3-5-6-7-14-17-20-24(26)28-22-19-16-13-11-9-8-10-12-15-18-21-27-23(25)4-2/h3-22H2,1-2H3. The van der Waals surface area contributed by atoms with Crippen molar-refractivity contribution in [2.24, 2.45) is 0 Å². The van der Waals surface area contributed by atoms with E-state index >= 15 is 0 Å². The van der Waals surface area contributed by atoms with Gasteiger partial charge in [0.05, 0.1) is 13.2 Å². The van der Waals surface area contributed by atoms with Gasteiger partial charge in [0.1, 0.15) is 0 Å². The van der Waals surface area contributed by atoms with Gasteiger partial charge in [-0.2, -0.15) is 0 Å². The molecule has 0 radical (unpaired) electrons. The van der Waals surface area contributed by atoms with Crippen LogP contribution in [-0.2, 0) is 19.1 Å². The first-order valence-corrected chi connectivity index (χ1v) is 12.0. The number of unbranched alkanes of at least 4 members (excludes halogenated alkanes) is 14. The van der Waals surface area contributed by atoms with Crippen molar-refractivity contribution in [3.8, 4) is 0 Å². The smallest absolute Gasteiger partial charge is 0.305 e. The molecule has 0 aliphatic carbocycles. The lowest BCUT2D eigenvalue weighted by molar-refractivity contribution is -0.144. The van der Waals surface area contributed by atoms with Crippen LogP contribution in [0.4, 0.5) is 0 Å². The van der Waals surface area contributed by atoms with Gasteiger partial charge in [0.25, 0.3) is 0 Å². The highest BCUT2D eigenvalue weighted by Crippen LogP contribution is 2.11. The van der Waals surface area contributed by atoms with E-state index in [1.807, 2.05) is 6.92 Å². The van der Waals surface area contributed by atoms with Crippen LogP contribution < -0.4 is 0 Å². The van der Waals surface area contributed by atoms with E-state index < -0.39 is 0 Å². The third kappa shape index (κ3) is 21.2. The Labute approximate surface area is 174 Å². The topological polar surface area (TPSA) is 52.6 Å². The summed E-state index contributed by atoms with van der Waals surface area (Å²) < 4.78 is 10.4. The molecule has 0 aromatic heterocycles. The van der Waals surface area contributed by atoms with Crippen molar-refractivity contribution < 1.29 is 19.1 Å². The van der Waals surface area contributed by atoms with Gasteiger partial charge in [-0.05, 0) is 19.3 Å².